The summed E-state index contributed by atoms with van der Waals surface area (Å²) < 4.78 is 10.9. The minimum Gasteiger partial charge on any atom is -0.496 e. The SMILES string of the molecule is COc1ccc(OC)c2c1CN(Cc1ccccc1C#N)C[C@H]2O. The Morgan fingerprint density at radius 1 is 1.17 bits per heavy atom. The number of nitriles is 1. The van der Waals surface area contributed by atoms with Gasteiger partial charge in [0.15, 0.2) is 0 Å². The summed E-state index contributed by atoms with van der Waals surface area (Å²) in [4.78, 5) is 2.12. The lowest BCUT2D eigenvalue weighted by atomic mass is 9.94. The van der Waals surface area contributed by atoms with Crippen molar-refractivity contribution in [3.63, 3.8) is 0 Å². The van der Waals surface area contributed by atoms with Crippen molar-refractivity contribution in [2.45, 2.75) is 19.2 Å². The molecule has 0 radical (unpaired) electrons. The lowest BCUT2D eigenvalue weighted by Gasteiger charge is -2.34. The molecule has 1 atom stereocenters. The number of fused-ring (bicyclic) bond motifs is 1. The van der Waals surface area contributed by atoms with Gasteiger partial charge in [0.05, 0.1) is 32.0 Å². The normalized spacial score (nSPS) is 17.0. The molecule has 1 aliphatic rings. The van der Waals surface area contributed by atoms with Crippen molar-refractivity contribution in [3.8, 4) is 17.6 Å². The largest absolute Gasteiger partial charge is 0.496 e. The van der Waals surface area contributed by atoms with Gasteiger partial charge in [0, 0.05) is 30.8 Å². The van der Waals surface area contributed by atoms with Crippen LogP contribution in [-0.2, 0) is 13.1 Å². The van der Waals surface area contributed by atoms with E-state index in [1.807, 2.05) is 36.4 Å². The van der Waals surface area contributed by atoms with Gasteiger partial charge in [-0.15, -0.1) is 0 Å². The zero-order valence-electron chi connectivity index (χ0n) is 13.8. The van der Waals surface area contributed by atoms with Gasteiger partial charge >= 0.3 is 0 Å². The van der Waals surface area contributed by atoms with E-state index in [0.29, 0.717) is 30.9 Å². The van der Waals surface area contributed by atoms with Gasteiger partial charge in [0.1, 0.15) is 11.5 Å². The molecule has 0 saturated heterocycles. The van der Waals surface area contributed by atoms with Gasteiger partial charge in [-0.3, -0.25) is 4.90 Å². The van der Waals surface area contributed by atoms with Crippen LogP contribution < -0.4 is 9.47 Å². The number of β-amino-alcohol motifs (C(OH)–C–C–N with tert-alkyl or cyclic N) is 1. The van der Waals surface area contributed by atoms with Crippen molar-refractivity contribution in [1.82, 2.24) is 4.90 Å². The molecule has 0 fully saturated rings. The molecule has 5 heteroatoms. The van der Waals surface area contributed by atoms with Gasteiger partial charge < -0.3 is 14.6 Å². The Labute approximate surface area is 141 Å². The average molecular weight is 324 g/mol. The molecule has 0 spiro atoms. The van der Waals surface area contributed by atoms with Crippen LogP contribution in [0.5, 0.6) is 11.5 Å². The number of nitrogens with zero attached hydrogens (tertiary/aromatic N) is 2. The molecule has 3 rings (SSSR count). The topological polar surface area (TPSA) is 65.7 Å². The molecule has 0 unspecified atom stereocenters. The van der Waals surface area contributed by atoms with Gasteiger partial charge in [-0.05, 0) is 23.8 Å². The van der Waals surface area contributed by atoms with Gasteiger partial charge in [-0.25, -0.2) is 0 Å². The van der Waals surface area contributed by atoms with Crippen LogP contribution in [0.4, 0.5) is 0 Å². The molecular formula is C19H20N2O3. The third kappa shape index (κ3) is 2.94. The van der Waals surface area contributed by atoms with E-state index in [-0.39, 0.29) is 0 Å². The van der Waals surface area contributed by atoms with Crippen LogP contribution in [0, 0.1) is 11.3 Å². The van der Waals surface area contributed by atoms with Crippen LogP contribution in [0.3, 0.4) is 0 Å². The first-order chi connectivity index (χ1) is 11.7. The molecular weight excluding hydrogens is 304 g/mol. The van der Waals surface area contributed by atoms with E-state index >= 15 is 0 Å². The molecule has 0 bridgehead atoms. The summed E-state index contributed by atoms with van der Waals surface area (Å²) in [6.45, 7) is 1.71. The van der Waals surface area contributed by atoms with Crippen LogP contribution in [0.1, 0.15) is 28.4 Å². The van der Waals surface area contributed by atoms with Crippen LogP contribution in [0.25, 0.3) is 0 Å². The first kappa shape index (κ1) is 16.3. The Morgan fingerprint density at radius 3 is 2.58 bits per heavy atom. The highest BCUT2D eigenvalue weighted by Crippen LogP contribution is 2.39. The molecule has 0 aromatic heterocycles. The maximum Gasteiger partial charge on any atom is 0.125 e. The molecule has 5 nitrogen and oxygen atoms in total. The summed E-state index contributed by atoms with van der Waals surface area (Å²) in [6.07, 6.45) is -0.659. The van der Waals surface area contributed by atoms with E-state index < -0.39 is 6.10 Å². The molecule has 24 heavy (non-hydrogen) atoms. The van der Waals surface area contributed by atoms with Crippen LogP contribution in [0.15, 0.2) is 36.4 Å². The van der Waals surface area contributed by atoms with E-state index in [0.717, 1.165) is 22.4 Å². The average Bonchev–Trinajstić information content (AvgIpc) is 2.61. The van der Waals surface area contributed by atoms with Crippen LogP contribution in [-0.4, -0.2) is 30.8 Å². The summed E-state index contributed by atoms with van der Waals surface area (Å²) in [7, 11) is 3.22. The Balaban J connectivity index is 1.93. The van der Waals surface area contributed by atoms with Gasteiger partial charge in [0.2, 0.25) is 0 Å². The highest BCUT2D eigenvalue weighted by molar-refractivity contribution is 5.51. The van der Waals surface area contributed by atoms with Gasteiger partial charge in [-0.1, -0.05) is 18.2 Å². The molecule has 2 aromatic carbocycles. The van der Waals surface area contributed by atoms with Crippen molar-refractivity contribution >= 4 is 0 Å². The zero-order valence-corrected chi connectivity index (χ0v) is 13.8. The Morgan fingerprint density at radius 2 is 1.88 bits per heavy atom. The number of aliphatic hydroxyl groups excluding tert-OH is 1. The van der Waals surface area contributed by atoms with Gasteiger partial charge in [0.25, 0.3) is 0 Å². The van der Waals surface area contributed by atoms with Crippen molar-refractivity contribution in [2.75, 3.05) is 20.8 Å². The Bertz CT molecular complexity index is 783. The fourth-order valence-electron chi connectivity index (χ4n) is 3.27. The molecule has 124 valence electrons. The minimum atomic E-state index is -0.659. The predicted molar refractivity (Wildman–Crippen MR) is 89.8 cm³/mol. The minimum absolute atomic E-state index is 0.482. The van der Waals surface area contributed by atoms with Crippen molar-refractivity contribution < 1.29 is 14.6 Å². The third-order valence-corrected chi connectivity index (χ3v) is 4.39. The predicted octanol–water partition coefficient (Wildman–Crippen LogP) is 2.62. The van der Waals surface area contributed by atoms with Crippen molar-refractivity contribution in [1.29, 1.82) is 5.26 Å². The molecule has 2 aromatic rings. The summed E-state index contributed by atoms with van der Waals surface area (Å²) in [6, 6.07) is 13.4. The zero-order chi connectivity index (χ0) is 17.1. The molecule has 1 heterocycles. The summed E-state index contributed by atoms with van der Waals surface area (Å²) in [5.41, 5.74) is 3.35. The second kappa shape index (κ2) is 6.91. The standard InChI is InChI=1S/C19H20N2O3/c1-23-17-7-8-18(24-2)19-15(17)11-21(12-16(19)22)10-14-6-4-3-5-13(14)9-20/h3-8,16,22H,10-12H2,1-2H3/t16-/m1/s1. The smallest absolute Gasteiger partial charge is 0.125 e. The van der Waals surface area contributed by atoms with E-state index in [1.54, 1.807) is 14.2 Å². The fraction of sp³-hybridized carbons (Fsp3) is 0.316. The number of ether oxygens (including phenoxy) is 2. The van der Waals surface area contributed by atoms with E-state index in [1.165, 1.54) is 0 Å². The number of hydrogen-bond donors (Lipinski definition) is 1. The monoisotopic (exact) mass is 324 g/mol. The van der Waals surface area contributed by atoms with Crippen LogP contribution in [0.2, 0.25) is 0 Å². The van der Waals surface area contributed by atoms with E-state index in [9.17, 15) is 10.4 Å². The second-order valence-electron chi connectivity index (χ2n) is 5.82. The highest BCUT2D eigenvalue weighted by atomic mass is 16.5. The maximum atomic E-state index is 10.6. The highest BCUT2D eigenvalue weighted by Gasteiger charge is 2.29. The second-order valence-corrected chi connectivity index (χ2v) is 5.82. The van der Waals surface area contributed by atoms with E-state index in [2.05, 4.69) is 11.0 Å². The first-order valence-electron chi connectivity index (χ1n) is 7.80. The number of benzene rings is 2. The Kier molecular flexibility index (Phi) is 4.70. The van der Waals surface area contributed by atoms with E-state index in [4.69, 9.17) is 9.47 Å². The third-order valence-electron chi connectivity index (χ3n) is 4.39. The Hall–Kier alpha value is -2.55. The lowest BCUT2D eigenvalue weighted by Crippen LogP contribution is -2.34. The number of aliphatic hydroxyl groups is 1. The summed E-state index contributed by atoms with van der Waals surface area (Å²) in [5, 5.41) is 19.9. The molecule has 0 saturated carbocycles. The maximum absolute atomic E-state index is 10.6. The van der Waals surface area contributed by atoms with Crippen LogP contribution >= 0.6 is 0 Å². The molecule has 1 aliphatic heterocycles. The van der Waals surface area contributed by atoms with Crippen molar-refractivity contribution in [3.05, 3.63) is 58.7 Å². The molecule has 1 N–H and O–H groups in total. The van der Waals surface area contributed by atoms with Gasteiger partial charge in [-0.2, -0.15) is 5.26 Å². The molecule has 0 aliphatic carbocycles. The first-order valence-corrected chi connectivity index (χ1v) is 7.80. The lowest BCUT2D eigenvalue weighted by molar-refractivity contribution is 0.0843. The van der Waals surface area contributed by atoms with Crippen molar-refractivity contribution in [2.24, 2.45) is 0 Å². The number of hydrogen-bond acceptors (Lipinski definition) is 5. The fourth-order valence-corrected chi connectivity index (χ4v) is 3.27. The molecule has 0 amide bonds. The summed E-state index contributed by atoms with van der Waals surface area (Å²) in [5.74, 6) is 1.42. The quantitative estimate of drug-likeness (QED) is 0.936. The number of rotatable bonds is 4. The summed E-state index contributed by atoms with van der Waals surface area (Å²) >= 11 is 0. The number of methoxy groups -OCH3 is 2.